The number of urea groups is 1. The van der Waals surface area contributed by atoms with Crippen LogP contribution in [-0.4, -0.2) is 52.8 Å². The van der Waals surface area contributed by atoms with Crippen LogP contribution in [0.4, 0.5) is 4.79 Å². The topological polar surface area (TPSA) is 90.5 Å². The Morgan fingerprint density at radius 2 is 2.17 bits per heavy atom. The number of fused-ring (bicyclic) bond motifs is 1. The van der Waals surface area contributed by atoms with Gasteiger partial charge >= 0.3 is 12.0 Å². The number of unbranched alkanes of at least 4 members (excludes halogenated alkanes) is 3. The van der Waals surface area contributed by atoms with Crippen LogP contribution < -0.4 is 16.0 Å². The summed E-state index contributed by atoms with van der Waals surface area (Å²) in [6.07, 6.45) is 7.07. The molecule has 0 aromatic carbocycles. The van der Waals surface area contributed by atoms with E-state index in [-0.39, 0.29) is 18.1 Å². The van der Waals surface area contributed by atoms with Crippen molar-refractivity contribution in [2.45, 2.75) is 75.2 Å². The first-order chi connectivity index (χ1) is 11.1. The lowest BCUT2D eigenvalue weighted by Gasteiger charge is -2.18. The van der Waals surface area contributed by atoms with Gasteiger partial charge < -0.3 is 21.1 Å². The molecule has 7 heteroatoms. The first-order valence-corrected chi connectivity index (χ1v) is 9.81. The molecule has 2 fully saturated rings. The lowest BCUT2D eigenvalue weighted by atomic mass is 10.0. The standard InChI is InChI=1S/C16H29N3O3S/c1-2-3-4-5-9-17-11(15(20)21)7-6-8-13-14-12(10-23-13)18-16(22)19-14/h11-14,17H,2-10H2,1H3,(H,20,21)(H2,18,19,22)/t11?,12-,13-,14-/m0/s1. The van der Waals surface area contributed by atoms with Gasteiger partial charge in [0.05, 0.1) is 12.1 Å². The molecule has 2 heterocycles. The number of carbonyl (C=O) groups excluding carboxylic acids is 1. The minimum absolute atomic E-state index is 0.0672. The first kappa shape index (κ1) is 18.4. The van der Waals surface area contributed by atoms with Gasteiger partial charge in [-0.1, -0.05) is 32.6 Å². The number of carbonyl (C=O) groups is 2. The number of hydrogen-bond acceptors (Lipinski definition) is 4. The van der Waals surface area contributed by atoms with E-state index in [0.29, 0.717) is 11.7 Å². The van der Waals surface area contributed by atoms with E-state index in [2.05, 4.69) is 22.9 Å². The van der Waals surface area contributed by atoms with Gasteiger partial charge in [0.25, 0.3) is 0 Å². The molecule has 0 aliphatic carbocycles. The Morgan fingerprint density at radius 3 is 2.91 bits per heavy atom. The number of nitrogens with one attached hydrogen (secondary N) is 3. The third-order valence-corrected chi connectivity index (χ3v) is 6.15. The fourth-order valence-corrected chi connectivity index (χ4v) is 4.85. The van der Waals surface area contributed by atoms with Gasteiger partial charge in [-0.3, -0.25) is 4.79 Å². The van der Waals surface area contributed by atoms with Gasteiger partial charge in [0.2, 0.25) is 0 Å². The maximum Gasteiger partial charge on any atom is 0.320 e. The average Bonchev–Trinajstić information content (AvgIpc) is 3.04. The summed E-state index contributed by atoms with van der Waals surface area (Å²) in [5.41, 5.74) is 0. The van der Waals surface area contributed by atoms with Crippen molar-refractivity contribution < 1.29 is 14.7 Å². The van der Waals surface area contributed by atoms with Crippen LogP contribution in [0.3, 0.4) is 0 Å². The molecule has 1 unspecified atom stereocenters. The Balaban J connectivity index is 1.64. The van der Waals surface area contributed by atoms with Crippen molar-refractivity contribution in [3.8, 4) is 0 Å². The summed E-state index contributed by atoms with van der Waals surface area (Å²) in [6, 6.07) is -0.0696. The molecular weight excluding hydrogens is 314 g/mol. The fourth-order valence-electron chi connectivity index (χ4n) is 3.31. The zero-order valence-electron chi connectivity index (χ0n) is 13.8. The minimum atomic E-state index is -0.756. The number of hydrogen-bond donors (Lipinski definition) is 4. The third-order valence-electron chi connectivity index (χ3n) is 4.64. The predicted octanol–water partition coefficient (Wildman–Crippen LogP) is 1.95. The Hall–Kier alpha value is -0.950. The SMILES string of the molecule is CCCCCCNC(CCC[C@@H]1SC[C@@H]2NC(=O)N[C@@H]21)C(=O)O. The van der Waals surface area contributed by atoms with Gasteiger partial charge in [-0.25, -0.2) is 4.79 Å². The van der Waals surface area contributed by atoms with Gasteiger partial charge in [-0.05, 0) is 25.8 Å². The number of carboxylic acids is 1. The molecule has 23 heavy (non-hydrogen) atoms. The summed E-state index contributed by atoms with van der Waals surface area (Å²) in [5, 5.41) is 18.8. The van der Waals surface area contributed by atoms with E-state index in [1.165, 1.54) is 12.8 Å². The number of rotatable bonds is 11. The highest BCUT2D eigenvalue weighted by molar-refractivity contribution is 8.00. The summed E-state index contributed by atoms with van der Waals surface area (Å²) < 4.78 is 0. The van der Waals surface area contributed by atoms with E-state index in [0.717, 1.165) is 38.0 Å². The molecule has 2 rings (SSSR count). The third kappa shape index (κ3) is 5.57. The summed E-state index contributed by atoms with van der Waals surface area (Å²) >= 11 is 1.88. The molecule has 132 valence electrons. The highest BCUT2D eigenvalue weighted by Crippen LogP contribution is 2.33. The summed E-state index contributed by atoms with van der Waals surface area (Å²) in [7, 11) is 0. The normalized spacial score (nSPS) is 27.3. The Morgan fingerprint density at radius 1 is 1.35 bits per heavy atom. The zero-order chi connectivity index (χ0) is 16.7. The Labute approximate surface area is 142 Å². The van der Waals surface area contributed by atoms with Crippen molar-refractivity contribution in [3.05, 3.63) is 0 Å². The lowest BCUT2D eigenvalue weighted by Crippen LogP contribution is -2.38. The van der Waals surface area contributed by atoms with Crippen molar-refractivity contribution in [1.29, 1.82) is 0 Å². The maximum atomic E-state index is 11.3. The number of carboxylic acid groups (broad SMARTS) is 1. The van der Waals surface area contributed by atoms with Crippen LogP contribution in [0.15, 0.2) is 0 Å². The van der Waals surface area contributed by atoms with Crippen LogP contribution in [0.5, 0.6) is 0 Å². The van der Waals surface area contributed by atoms with Gasteiger partial charge in [-0.2, -0.15) is 11.8 Å². The van der Waals surface area contributed by atoms with Crippen molar-refractivity contribution in [3.63, 3.8) is 0 Å². The summed E-state index contributed by atoms with van der Waals surface area (Å²) in [4.78, 5) is 22.7. The molecular formula is C16H29N3O3S. The summed E-state index contributed by atoms with van der Waals surface area (Å²) in [6.45, 7) is 2.95. The molecule has 4 atom stereocenters. The molecule has 0 radical (unpaired) electrons. The predicted molar refractivity (Wildman–Crippen MR) is 92.9 cm³/mol. The van der Waals surface area contributed by atoms with Crippen LogP contribution >= 0.6 is 11.8 Å². The van der Waals surface area contributed by atoms with E-state index >= 15 is 0 Å². The second-order valence-electron chi connectivity index (χ2n) is 6.46. The molecule has 2 aliphatic heterocycles. The van der Waals surface area contributed by atoms with Crippen LogP contribution in [0, 0.1) is 0 Å². The highest BCUT2D eigenvalue weighted by Gasteiger charge is 2.42. The largest absolute Gasteiger partial charge is 0.480 e. The van der Waals surface area contributed by atoms with E-state index in [4.69, 9.17) is 0 Å². The molecule has 6 nitrogen and oxygen atoms in total. The van der Waals surface area contributed by atoms with E-state index in [1.54, 1.807) is 0 Å². The van der Waals surface area contributed by atoms with Crippen molar-refractivity contribution in [2.75, 3.05) is 12.3 Å². The zero-order valence-corrected chi connectivity index (χ0v) is 14.7. The van der Waals surface area contributed by atoms with Crippen LogP contribution in [0.1, 0.15) is 51.9 Å². The Kier molecular flexibility index (Phi) is 7.49. The van der Waals surface area contributed by atoms with Gasteiger partial charge in [-0.15, -0.1) is 0 Å². The average molecular weight is 343 g/mol. The van der Waals surface area contributed by atoms with Crippen molar-refractivity contribution >= 4 is 23.8 Å². The van der Waals surface area contributed by atoms with E-state index < -0.39 is 12.0 Å². The molecule has 2 aliphatic rings. The molecule has 0 saturated carbocycles. The van der Waals surface area contributed by atoms with E-state index in [9.17, 15) is 14.7 Å². The highest BCUT2D eigenvalue weighted by atomic mass is 32.2. The van der Waals surface area contributed by atoms with Gasteiger partial charge in [0.1, 0.15) is 6.04 Å². The lowest BCUT2D eigenvalue weighted by molar-refractivity contribution is -0.139. The van der Waals surface area contributed by atoms with Crippen molar-refractivity contribution in [1.82, 2.24) is 16.0 Å². The molecule has 0 spiro atoms. The molecule has 0 aromatic heterocycles. The second kappa shape index (κ2) is 9.37. The van der Waals surface area contributed by atoms with Crippen LogP contribution in [0.2, 0.25) is 0 Å². The molecule has 0 bridgehead atoms. The number of thioether (sulfide) groups is 1. The van der Waals surface area contributed by atoms with Gasteiger partial charge in [0, 0.05) is 11.0 Å². The first-order valence-electron chi connectivity index (χ1n) is 8.76. The fraction of sp³-hybridized carbons (Fsp3) is 0.875. The molecule has 0 aromatic rings. The number of aliphatic carboxylic acids is 1. The molecule has 2 amide bonds. The van der Waals surface area contributed by atoms with Crippen LogP contribution in [-0.2, 0) is 4.79 Å². The second-order valence-corrected chi connectivity index (χ2v) is 7.73. The quantitative estimate of drug-likeness (QED) is 0.340. The van der Waals surface area contributed by atoms with Gasteiger partial charge in [0.15, 0.2) is 0 Å². The summed E-state index contributed by atoms with van der Waals surface area (Å²) in [5.74, 6) is 0.194. The van der Waals surface area contributed by atoms with Crippen LogP contribution in [0.25, 0.3) is 0 Å². The maximum absolute atomic E-state index is 11.3. The van der Waals surface area contributed by atoms with Crippen molar-refractivity contribution in [2.24, 2.45) is 0 Å². The minimum Gasteiger partial charge on any atom is -0.480 e. The molecule has 2 saturated heterocycles. The number of amides is 2. The molecule has 4 N–H and O–H groups in total. The van der Waals surface area contributed by atoms with E-state index in [1.807, 2.05) is 11.8 Å². The Bertz CT molecular complexity index is 408. The monoisotopic (exact) mass is 343 g/mol. The smallest absolute Gasteiger partial charge is 0.320 e.